The van der Waals surface area contributed by atoms with Crippen LogP contribution in [0.4, 0.5) is 5.69 Å². The van der Waals surface area contributed by atoms with Gasteiger partial charge in [0.05, 0.1) is 17.7 Å². The lowest BCUT2D eigenvalue weighted by Crippen LogP contribution is -2.48. The van der Waals surface area contributed by atoms with Gasteiger partial charge in [-0.05, 0) is 36.4 Å². The summed E-state index contributed by atoms with van der Waals surface area (Å²) in [7, 11) is -1.80. The van der Waals surface area contributed by atoms with Gasteiger partial charge in [-0.2, -0.15) is 4.31 Å². The van der Waals surface area contributed by atoms with Gasteiger partial charge in [0.15, 0.2) is 0 Å². The van der Waals surface area contributed by atoms with Crippen LogP contribution in [0.5, 0.6) is 5.75 Å². The highest BCUT2D eigenvalue weighted by Crippen LogP contribution is 2.29. The Bertz CT molecular complexity index is 801. The van der Waals surface area contributed by atoms with Crippen molar-refractivity contribution in [2.24, 2.45) is 0 Å². The molecule has 0 unspecified atom stereocenters. The van der Waals surface area contributed by atoms with Gasteiger partial charge in [-0.3, -0.25) is 0 Å². The third-order valence-corrected chi connectivity index (χ3v) is 6.56. The van der Waals surface area contributed by atoms with Crippen molar-refractivity contribution in [3.63, 3.8) is 0 Å². The van der Waals surface area contributed by atoms with Crippen LogP contribution in [0.3, 0.4) is 0 Å². The number of hydrogen-bond donors (Lipinski definition) is 0. The number of sulfonamides is 1. The lowest BCUT2D eigenvalue weighted by molar-refractivity contribution is 0.378. The lowest BCUT2D eigenvalue weighted by Gasteiger charge is -2.35. The minimum Gasteiger partial charge on any atom is -0.495 e. The van der Waals surface area contributed by atoms with E-state index < -0.39 is 10.0 Å². The van der Waals surface area contributed by atoms with Crippen molar-refractivity contribution in [1.82, 2.24) is 4.31 Å². The monoisotopic (exact) mass is 410 g/mol. The van der Waals surface area contributed by atoms with Gasteiger partial charge in [-0.25, -0.2) is 8.42 Å². The highest BCUT2D eigenvalue weighted by molar-refractivity contribution is 9.10. The fraction of sp³-hybridized carbons (Fsp3) is 0.294. The number of hydrogen-bond acceptors (Lipinski definition) is 4. The Morgan fingerprint density at radius 1 is 0.958 bits per heavy atom. The van der Waals surface area contributed by atoms with E-state index in [1.54, 1.807) is 35.7 Å². The SMILES string of the molecule is COc1ccccc1N1CCN(S(=O)(=O)c2ccc(Br)cc2)CC1. The van der Waals surface area contributed by atoms with E-state index in [4.69, 9.17) is 4.74 Å². The Kier molecular flexibility index (Phi) is 5.12. The van der Waals surface area contributed by atoms with E-state index in [0.717, 1.165) is 15.9 Å². The van der Waals surface area contributed by atoms with Crippen molar-refractivity contribution in [3.05, 3.63) is 53.0 Å². The van der Waals surface area contributed by atoms with E-state index in [1.807, 2.05) is 24.3 Å². The van der Waals surface area contributed by atoms with E-state index in [9.17, 15) is 8.42 Å². The van der Waals surface area contributed by atoms with Crippen molar-refractivity contribution in [3.8, 4) is 5.75 Å². The molecule has 5 nitrogen and oxygen atoms in total. The van der Waals surface area contributed by atoms with Gasteiger partial charge in [0.2, 0.25) is 10.0 Å². The van der Waals surface area contributed by atoms with E-state index in [-0.39, 0.29) is 0 Å². The molecular weight excluding hydrogens is 392 g/mol. The molecule has 1 aliphatic heterocycles. The molecule has 0 N–H and O–H groups in total. The zero-order chi connectivity index (χ0) is 17.2. The lowest BCUT2D eigenvalue weighted by atomic mass is 10.2. The van der Waals surface area contributed by atoms with E-state index in [1.165, 1.54) is 0 Å². The average molecular weight is 411 g/mol. The number of halogens is 1. The standard InChI is InChI=1S/C17H19BrN2O3S/c1-23-17-5-3-2-4-16(17)19-10-12-20(13-11-19)24(21,22)15-8-6-14(18)7-9-15/h2-9H,10-13H2,1H3. The number of ether oxygens (including phenoxy) is 1. The molecule has 24 heavy (non-hydrogen) atoms. The number of anilines is 1. The van der Waals surface area contributed by atoms with Crippen molar-refractivity contribution in [2.75, 3.05) is 38.2 Å². The van der Waals surface area contributed by atoms with Crippen LogP contribution in [-0.4, -0.2) is 46.0 Å². The topological polar surface area (TPSA) is 49.9 Å². The molecule has 3 rings (SSSR count). The van der Waals surface area contributed by atoms with Crippen molar-refractivity contribution < 1.29 is 13.2 Å². The summed E-state index contributed by atoms with van der Waals surface area (Å²) in [5.74, 6) is 0.807. The van der Waals surface area contributed by atoms with Crippen LogP contribution >= 0.6 is 15.9 Å². The molecule has 0 radical (unpaired) electrons. The Labute approximate surface area is 151 Å². The number of methoxy groups -OCH3 is 1. The molecule has 0 spiro atoms. The maximum atomic E-state index is 12.7. The number of nitrogens with zero attached hydrogens (tertiary/aromatic N) is 2. The fourth-order valence-corrected chi connectivity index (χ4v) is 4.50. The largest absolute Gasteiger partial charge is 0.495 e. The van der Waals surface area contributed by atoms with Gasteiger partial charge in [0, 0.05) is 30.7 Å². The molecule has 2 aromatic rings. The molecule has 0 aromatic heterocycles. The second kappa shape index (κ2) is 7.13. The summed E-state index contributed by atoms with van der Waals surface area (Å²) in [5.41, 5.74) is 1.00. The Balaban J connectivity index is 1.74. The molecule has 0 amide bonds. The molecule has 1 fully saturated rings. The molecule has 0 atom stereocenters. The molecule has 2 aromatic carbocycles. The van der Waals surface area contributed by atoms with Crippen molar-refractivity contribution >= 4 is 31.6 Å². The number of benzene rings is 2. The third kappa shape index (κ3) is 3.43. The minimum atomic E-state index is -3.45. The highest BCUT2D eigenvalue weighted by Gasteiger charge is 2.29. The van der Waals surface area contributed by atoms with Crippen molar-refractivity contribution in [2.45, 2.75) is 4.90 Å². The quantitative estimate of drug-likeness (QED) is 0.777. The summed E-state index contributed by atoms with van der Waals surface area (Å²) in [6.45, 7) is 2.18. The predicted molar refractivity (Wildman–Crippen MR) is 98.1 cm³/mol. The molecule has 1 heterocycles. The first-order valence-corrected chi connectivity index (χ1v) is 9.89. The van der Waals surface area contributed by atoms with Crippen molar-refractivity contribution in [1.29, 1.82) is 0 Å². The van der Waals surface area contributed by atoms with Crippen LogP contribution in [-0.2, 0) is 10.0 Å². The third-order valence-electron chi connectivity index (χ3n) is 4.12. The van der Waals surface area contributed by atoms with Gasteiger partial charge >= 0.3 is 0 Å². The van der Waals surface area contributed by atoms with Crippen LogP contribution in [0.15, 0.2) is 57.9 Å². The van der Waals surface area contributed by atoms with Gasteiger partial charge in [0.25, 0.3) is 0 Å². The number of rotatable bonds is 4. The highest BCUT2D eigenvalue weighted by atomic mass is 79.9. The summed E-state index contributed by atoms with van der Waals surface area (Å²) >= 11 is 3.33. The first-order valence-electron chi connectivity index (χ1n) is 7.66. The smallest absolute Gasteiger partial charge is 0.243 e. The molecule has 0 bridgehead atoms. The van der Waals surface area contributed by atoms with Gasteiger partial charge < -0.3 is 9.64 Å². The second-order valence-corrected chi connectivity index (χ2v) is 8.37. The molecule has 7 heteroatoms. The predicted octanol–water partition coefficient (Wildman–Crippen LogP) is 2.97. The molecule has 1 aliphatic rings. The summed E-state index contributed by atoms with van der Waals surface area (Å²) in [5, 5.41) is 0. The molecule has 0 saturated carbocycles. The van der Waals surface area contributed by atoms with Gasteiger partial charge in [-0.15, -0.1) is 0 Å². The van der Waals surface area contributed by atoms with Gasteiger partial charge in [-0.1, -0.05) is 28.1 Å². The minimum absolute atomic E-state index is 0.330. The van der Waals surface area contributed by atoms with Crippen LogP contribution in [0.2, 0.25) is 0 Å². The summed E-state index contributed by atoms with van der Waals surface area (Å²) in [6, 6.07) is 14.6. The summed E-state index contributed by atoms with van der Waals surface area (Å²) in [4.78, 5) is 2.49. The van der Waals surface area contributed by atoms with E-state index in [0.29, 0.717) is 31.1 Å². The maximum absolute atomic E-state index is 12.7. The normalized spacial score (nSPS) is 16.2. The summed E-state index contributed by atoms with van der Waals surface area (Å²) < 4.78 is 33.3. The first-order chi connectivity index (χ1) is 11.5. The fourth-order valence-electron chi connectivity index (χ4n) is 2.82. The molecular formula is C17H19BrN2O3S. The zero-order valence-electron chi connectivity index (χ0n) is 13.4. The zero-order valence-corrected chi connectivity index (χ0v) is 15.8. The average Bonchev–Trinajstić information content (AvgIpc) is 2.62. The Morgan fingerprint density at radius 2 is 1.58 bits per heavy atom. The van der Waals surface area contributed by atoms with Crippen LogP contribution in [0.25, 0.3) is 0 Å². The number of piperazine rings is 1. The maximum Gasteiger partial charge on any atom is 0.243 e. The van der Waals surface area contributed by atoms with Crippen LogP contribution in [0, 0.1) is 0 Å². The van der Waals surface area contributed by atoms with E-state index in [2.05, 4.69) is 20.8 Å². The van der Waals surface area contributed by atoms with E-state index >= 15 is 0 Å². The van der Waals surface area contributed by atoms with Crippen LogP contribution in [0.1, 0.15) is 0 Å². The Hall–Kier alpha value is -1.57. The first kappa shape index (κ1) is 17.3. The summed E-state index contributed by atoms with van der Waals surface area (Å²) in [6.07, 6.45) is 0. The number of para-hydroxylation sites is 2. The van der Waals surface area contributed by atoms with Gasteiger partial charge in [0.1, 0.15) is 5.75 Å². The van der Waals surface area contributed by atoms with Crippen LogP contribution < -0.4 is 9.64 Å². The Morgan fingerprint density at radius 3 is 2.21 bits per heavy atom. The molecule has 128 valence electrons. The molecule has 1 saturated heterocycles. The second-order valence-electron chi connectivity index (χ2n) is 5.52. The molecule has 0 aliphatic carbocycles.